The highest BCUT2D eigenvalue weighted by Gasteiger charge is 2.42. The van der Waals surface area contributed by atoms with Crippen molar-refractivity contribution >= 4 is 27.5 Å². The number of nitrogens with zero attached hydrogens (tertiary/aromatic N) is 2. The molecule has 0 saturated carbocycles. The number of amides is 1. The number of carbonyl (C=O) groups excluding carboxylic acids is 1. The van der Waals surface area contributed by atoms with Crippen LogP contribution < -0.4 is 5.32 Å². The van der Waals surface area contributed by atoms with Gasteiger partial charge in [0.15, 0.2) is 0 Å². The molecule has 2 aromatic heterocycles. The zero-order chi connectivity index (χ0) is 13.7. The van der Waals surface area contributed by atoms with E-state index in [1.54, 1.807) is 17.5 Å². The van der Waals surface area contributed by atoms with Gasteiger partial charge in [0, 0.05) is 36.8 Å². The van der Waals surface area contributed by atoms with Crippen molar-refractivity contribution in [2.45, 2.75) is 25.4 Å². The summed E-state index contributed by atoms with van der Waals surface area (Å²) in [6.07, 6.45) is 2.89. The maximum atomic E-state index is 12.4. The van der Waals surface area contributed by atoms with Gasteiger partial charge in [-0.15, -0.1) is 11.3 Å². The maximum Gasteiger partial charge on any atom is 0.253 e. The van der Waals surface area contributed by atoms with Gasteiger partial charge in [-0.2, -0.15) is 0 Å². The van der Waals surface area contributed by atoms with E-state index in [0.29, 0.717) is 23.6 Å². The van der Waals surface area contributed by atoms with E-state index in [0.717, 1.165) is 23.3 Å². The third-order valence-corrected chi connectivity index (χ3v) is 5.46. The second kappa shape index (κ2) is 4.53. The highest BCUT2D eigenvalue weighted by atomic mass is 32.1. The Morgan fingerprint density at radius 2 is 2.40 bits per heavy atom. The first kappa shape index (κ1) is 12.3. The van der Waals surface area contributed by atoms with Crippen LogP contribution in [0.25, 0.3) is 10.2 Å². The average Bonchev–Trinajstić information content (AvgIpc) is 3.12. The Morgan fingerprint density at radius 3 is 3.15 bits per heavy atom. The first-order valence-corrected chi connectivity index (χ1v) is 7.97. The highest BCUT2D eigenvalue weighted by Crippen LogP contribution is 2.33. The van der Waals surface area contributed by atoms with Gasteiger partial charge in [0.25, 0.3) is 5.91 Å². The lowest BCUT2D eigenvalue weighted by molar-refractivity contribution is 0.0918. The summed E-state index contributed by atoms with van der Waals surface area (Å²) < 4.78 is 0. The van der Waals surface area contributed by atoms with Gasteiger partial charge >= 0.3 is 0 Å². The number of aromatic nitrogens is 1. The monoisotopic (exact) mass is 287 g/mol. The summed E-state index contributed by atoms with van der Waals surface area (Å²) in [5.74, 6) is 0.629. The standard InChI is InChI=1S/C15H17N3OS/c1-9-4-12-7-18(9)8-13(12)17-14(19)11-5-10-2-3-20-15(10)16-6-11/h2-3,5-6,9,12-13H,4,7-8H2,1H3,(H,17,19). The minimum atomic E-state index is 0.0111. The molecule has 0 aromatic carbocycles. The fourth-order valence-electron chi connectivity index (χ4n) is 3.49. The molecule has 4 heterocycles. The molecule has 2 bridgehead atoms. The van der Waals surface area contributed by atoms with E-state index in [-0.39, 0.29) is 5.91 Å². The molecule has 4 rings (SSSR count). The molecule has 20 heavy (non-hydrogen) atoms. The van der Waals surface area contributed by atoms with Crippen molar-refractivity contribution < 1.29 is 4.79 Å². The summed E-state index contributed by atoms with van der Waals surface area (Å²) in [7, 11) is 0. The van der Waals surface area contributed by atoms with E-state index in [1.807, 2.05) is 17.5 Å². The van der Waals surface area contributed by atoms with Crippen molar-refractivity contribution in [3.63, 3.8) is 0 Å². The summed E-state index contributed by atoms with van der Waals surface area (Å²) in [4.78, 5) is 20.2. The molecule has 2 aliphatic rings. The Balaban J connectivity index is 1.50. The third kappa shape index (κ3) is 1.93. The first-order chi connectivity index (χ1) is 9.70. The molecule has 2 aliphatic heterocycles. The van der Waals surface area contributed by atoms with Crippen LogP contribution in [0.3, 0.4) is 0 Å². The fraction of sp³-hybridized carbons (Fsp3) is 0.467. The quantitative estimate of drug-likeness (QED) is 0.920. The largest absolute Gasteiger partial charge is 0.348 e. The lowest BCUT2D eigenvalue weighted by Crippen LogP contribution is -2.45. The smallest absolute Gasteiger partial charge is 0.253 e. The van der Waals surface area contributed by atoms with Gasteiger partial charge in [0.05, 0.1) is 5.56 Å². The number of hydrogen-bond donors (Lipinski definition) is 1. The number of rotatable bonds is 2. The Morgan fingerprint density at radius 1 is 1.50 bits per heavy atom. The predicted octanol–water partition coefficient (Wildman–Crippen LogP) is 2.12. The number of pyridine rings is 1. The van der Waals surface area contributed by atoms with Gasteiger partial charge in [-0.05, 0) is 36.8 Å². The van der Waals surface area contributed by atoms with Gasteiger partial charge in [0.2, 0.25) is 0 Å². The Labute approximate surface area is 121 Å². The van der Waals surface area contributed by atoms with E-state index in [4.69, 9.17) is 0 Å². The van der Waals surface area contributed by atoms with Crippen molar-refractivity contribution in [2.75, 3.05) is 13.1 Å². The topological polar surface area (TPSA) is 45.2 Å². The molecule has 2 fully saturated rings. The number of fused-ring (bicyclic) bond motifs is 3. The Hall–Kier alpha value is -1.46. The summed E-state index contributed by atoms with van der Waals surface area (Å²) in [6, 6.07) is 4.92. The number of piperidine rings is 1. The molecule has 2 aromatic rings. The van der Waals surface area contributed by atoms with E-state index in [1.165, 1.54) is 6.42 Å². The van der Waals surface area contributed by atoms with Gasteiger partial charge in [-0.25, -0.2) is 4.98 Å². The van der Waals surface area contributed by atoms with Crippen molar-refractivity contribution in [3.05, 3.63) is 29.3 Å². The van der Waals surface area contributed by atoms with Crippen molar-refractivity contribution in [3.8, 4) is 0 Å². The van der Waals surface area contributed by atoms with Gasteiger partial charge in [-0.3, -0.25) is 9.69 Å². The van der Waals surface area contributed by atoms with Crippen LogP contribution in [0, 0.1) is 5.92 Å². The fourth-order valence-corrected chi connectivity index (χ4v) is 4.21. The zero-order valence-electron chi connectivity index (χ0n) is 11.4. The summed E-state index contributed by atoms with van der Waals surface area (Å²) in [5, 5.41) is 6.24. The molecule has 4 atom stereocenters. The SMILES string of the molecule is CC1CC2CN1CC2NC(=O)c1cnc2sccc2c1. The second-order valence-corrected chi connectivity index (χ2v) is 6.81. The van der Waals surface area contributed by atoms with Crippen molar-refractivity contribution in [1.29, 1.82) is 0 Å². The Bertz CT molecular complexity index is 666. The van der Waals surface area contributed by atoms with Crippen LogP contribution in [-0.2, 0) is 0 Å². The second-order valence-electron chi connectivity index (χ2n) is 5.92. The molecule has 4 unspecified atom stereocenters. The number of thiophene rings is 1. The lowest BCUT2D eigenvalue weighted by atomic mass is 9.96. The molecule has 1 N–H and O–H groups in total. The van der Waals surface area contributed by atoms with Gasteiger partial charge in [0.1, 0.15) is 4.83 Å². The highest BCUT2D eigenvalue weighted by molar-refractivity contribution is 7.16. The average molecular weight is 287 g/mol. The molecule has 1 amide bonds. The van der Waals surface area contributed by atoms with Gasteiger partial charge < -0.3 is 5.32 Å². The van der Waals surface area contributed by atoms with Crippen molar-refractivity contribution in [1.82, 2.24) is 15.2 Å². The van der Waals surface area contributed by atoms with E-state index in [2.05, 4.69) is 22.1 Å². The van der Waals surface area contributed by atoms with E-state index < -0.39 is 0 Å². The van der Waals surface area contributed by atoms with Crippen LogP contribution in [-0.4, -0.2) is 41.0 Å². The predicted molar refractivity (Wildman–Crippen MR) is 80.0 cm³/mol. The summed E-state index contributed by atoms with van der Waals surface area (Å²) >= 11 is 1.60. The molecule has 2 saturated heterocycles. The van der Waals surface area contributed by atoms with Crippen LogP contribution in [0.1, 0.15) is 23.7 Å². The first-order valence-electron chi connectivity index (χ1n) is 7.09. The molecule has 104 valence electrons. The minimum absolute atomic E-state index is 0.0111. The maximum absolute atomic E-state index is 12.4. The Kier molecular flexibility index (Phi) is 2.79. The summed E-state index contributed by atoms with van der Waals surface area (Å²) in [5.41, 5.74) is 0.668. The molecule has 0 aliphatic carbocycles. The molecule has 0 radical (unpaired) electrons. The molecular weight excluding hydrogens is 270 g/mol. The van der Waals surface area contributed by atoms with Crippen molar-refractivity contribution in [2.24, 2.45) is 5.92 Å². The lowest BCUT2D eigenvalue weighted by Gasteiger charge is -2.27. The van der Waals surface area contributed by atoms with Gasteiger partial charge in [-0.1, -0.05) is 0 Å². The number of nitrogens with one attached hydrogen (secondary N) is 1. The molecular formula is C15H17N3OS. The third-order valence-electron chi connectivity index (χ3n) is 4.62. The van der Waals surface area contributed by atoms with Crippen LogP contribution in [0.15, 0.2) is 23.7 Å². The summed E-state index contributed by atoms with van der Waals surface area (Å²) in [6.45, 7) is 4.39. The van der Waals surface area contributed by atoms with Crippen LogP contribution in [0.5, 0.6) is 0 Å². The normalized spacial score (nSPS) is 31.9. The van der Waals surface area contributed by atoms with Crippen LogP contribution in [0.4, 0.5) is 0 Å². The molecule has 5 heteroatoms. The zero-order valence-corrected chi connectivity index (χ0v) is 12.2. The van der Waals surface area contributed by atoms with E-state index in [9.17, 15) is 4.79 Å². The van der Waals surface area contributed by atoms with E-state index >= 15 is 0 Å². The number of hydrogen-bond acceptors (Lipinski definition) is 4. The number of carbonyl (C=O) groups is 1. The van der Waals surface area contributed by atoms with Crippen LogP contribution >= 0.6 is 11.3 Å². The van der Waals surface area contributed by atoms with Crippen LogP contribution in [0.2, 0.25) is 0 Å². The molecule has 4 nitrogen and oxygen atoms in total. The minimum Gasteiger partial charge on any atom is -0.348 e. The molecule has 0 spiro atoms.